The number of imidazole rings is 1. The minimum absolute atomic E-state index is 0.135. The third-order valence-electron chi connectivity index (χ3n) is 4.44. The lowest BCUT2D eigenvalue weighted by Gasteiger charge is -2.10. The van der Waals surface area contributed by atoms with Gasteiger partial charge in [-0.05, 0) is 49.7 Å². The van der Waals surface area contributed by atoms with E-state index < -0.39 is 0 Å². The van der Waals surface area contributed by atoms with Crippen molar-refractivity contribution < 1.29 is 4.79 Å². The zero-order valence-corrected chi connectivity index (χ0v) is 15.2. The van der Waals surface area contributed by atoms with E-state index in [1.165, 1.54) is 0 Å². The molecule has 6 heteroatoms. The summed E-state index contributed by atoms with van der Waals surface area (Å²) in [5.74, 6) is 0.627. The summed E-state index contributed by atoms with van der Waals surface area (Å²) >= 11 is 0. The second kappa shape index (κ2) is 6.99. The van der Waals surface area contributed by atoms with Crippen molar-refractivity contribution in [3.05, 3.63) is 83.7 Å². The second-order valence-electron chi connectivity index (χ2n) is 6.49. The van der Waals surface area contributed by atoms with Gasteiger partial charge in [-0.25, -0.2) is 9.97 Å². The second-order valence-corrected chi connectivity index (χ2v) is 6.49. The molecule has 1 aromatic carbocycles. The summed E-state index contributed by atoms with van der Waals surface area (Å²) in [5, 5.41) is 3.95. The van der Waals surface area contributed by atoms with E-state index in [9.17, 15) is 4.79 Å². The minimum Gasteiger partial charge on any atom is -0.348 e. The van der Waals surface area contributed by atoms with Gasteiger partial charge in [0.2, 0.25) is 0 Å². The summed E-state index contributed by atoms with van der Waals surface area (Å²) in [4.78, 5) is 25.6. The number of nitrogens with zero attached hydrogens (tertiary/aromatic N) is 4. The zero-order valence-electron chi connectivity index (χ0n) is 15.2. The maximum atomic E-state index is 12.7. The summed E-state index contributed by atoms with van der Waals surface area (Å²) in [7, 11) is 0. The molecule has 0 atom stereocenters. The highest BCUT2D eigenvalue weighted by Gasteiger charge is 2.12. The lowest BCUT2D eigenvalue weighted by Crippen LogP contribution is -2.24. The average Bonchev–Trinajstić information content (AvgIpc) is 3.21. The van der Waals surface area contributed by atoms with Gasteiger partial charge >= 0.3 is 0 Å². The van der Waals surface area contributed by atoms with Gasteiger partial charge < -0.3 is 5.32 Å². The third-order valence-corrected chi connectivity index (χ3v) is 4.44. The number of carbonyl (C=O) groups excluding carboxylic acids is 1. The van der Waals surface area contributed by atoms with E-state index in [0.717, 1.165) is 33.5 Å². The third kappa shape index (κ3) is 3.55. The first-order valence-corrected chi connectivity index (χ1v) is 8.69. The monoisotopic (exact) mass is 357 g/mol. The van der Waals surface area contributed by atoms with Gasteiger partial charge in [0.05, 0.1) is 16.8 Å². The van der Waals surface area contributed by atoms with Crippen LogP contribution < -0.4 is 5.32 Å². The number of pyridine rings is 2. The van der Waals surface area contributed by atoms with Crippen LogP contribution in [0.15, 0.2) is 61.3 Å². The van der Waals surface area contributed by atoms with Gasteiger partial charge in [0.1, 0.15) is 12.1 Å². The molecule has 4 aromatic rings. The molecule has 0 fully saturated rings. The van der Waals surface area contributed by atoms with Crippen molar-refractivity contribution in [2.24, 2.45) is 0 Å². The number of benzene rings is 1. The molecule has 3 heterocycles. The summed E-state index contributed by atoms with van der Waals surface area (Å²) in [6.07, 6.45) is 6.95. The van der Waals surface area contributed by atoms with Crippen LogP contribution in [0.3, 0.4) is 0 Å². The van der Waals surface area contributed by atoms with Gasteiger partial charge in [-0.3, -0.25) is 14.3 Å². The molecular weight excluding hydrogens is 338 g/mol. The molecule has 134 valence electrons. The Bertz CT molecular complexity index is 1120. The number of rotatable bonds is 4. The Morgan fingerprint density at radius 2 is 2.00 bits per heavy atom. The molecule has 0 unspecified atom stereocenters. The number of fused-ring (bicyclic) bond motifs is 1. The SMILES string of the molecule is Cc1ccc2nc(C)c(C(=O)NCc3ccnc(-n4ccnc4)c3)cc2c1. The summed E-state index contributed by atoms with van der Waals surface area (Å²) in [6, 6.07) is 11.8. The van der Waals surface area contributed by atoms with Crippen molar-refractivity contribution in [1.29, 1.82) is 0 Å². The van der Waals surface area contributed by atoms with E-state index in [-0.39, 0.29) is 5.91 Å². The highest BCUT2D eigenvalue weighted by molar-refractivity contribution is 5.98. The van der Waals surface area contributed by atoms with E-state index in [1.807, 2.05) is 61.0 Å². The van der Waals surface area contributed by atoms with E-state index in [0.29, 0.717) is 12.1 Å². The Kier molecular flexibility index (Phi) is 4.38. The largest absolute Gasteiger partial charge is 0.348 e. The zero-order chi connectivity index (χ0) is 18.8. The highest BCUT2D eigenvalue weighted by atomic mass is 16.1. The van der Waals surface area contributed by atoms with Crippen LogP contribution in [0.2, 0.25) is 0 Å². The summed E-state index contributed by atoms with van der Waals surface area (Å²) in [5.41, 5.74) is 4.32. The highest BCUT2D eigenvalue weighted by Crippen LogP contribution is 2.18. The van der Waals surface area contributed by atoms with Crippen LogP contribution in [0.4, 0.5) is 0 Å². The number of hydrogen-bond donors (Lipinski definition) is 1. The topological polar surface area (TPSA) is 72.7 Å². The molecule has 3 aromatic heterocycles. The predicted molar refractivity (Wildman–Crippen MR) is 104 cm³/mol. The van der Waals surface area contributed by atoms with E-state index in [2.05, 4.69) is 20.3 Å². The quantitative estimate of drug-likeness (QED) is 0.608. The number of aryl methyl sites for hydroxylation is 2. The molecule has 1 amide bonds. The van der Waals surface area contributed by atoms with Crippen molar-refractivity contribution in [3.8, 4) is 5.82 Å². The maximum absolute atomic E-state index is 12.7. The molecule has 6 nitrogen and oxygen atoms in total. The molecular formula is C21H19N5O. The Morgan fingerprint density at radius 1 is 1.11 bits per heavy atom. The average molecular weight is 357 g/mol. The summed E-state index contributed by atoms with van der Waals surface area (Å²) in [6.45, 7) is 4.30. The van der Waals surface area contributed by atoms with Gasteiger partial charge in [0.15, 0.2) is 0 Å². The fourth-order valence-electron chi connectivity index (χ4n) is 3.01. The standard InChI is InChI=1S/C21H19N5O/c1-14-3-4-19-17(9-14)11-18(15(2)25-19)21(27)24-12-16-5-6-23-20(10-16)26-8-7-22-13-26/h3-11,13H,12H2,1-2H3,(H,24,27). The van der Waals surface area contributed by atoms with E-state index >= 15 is 0 Å². The predicted octanol–water partition coefficient (Wildman–Crippen LogP) is 3.36. The molecule has 0 saturated heterocycles. The Balaban J connectivity index is 1.54. The van der Waals surface area contributed by atoms with Crippen LogP contribution in [0.25, 0.3) is 16.7 Å². The summed E-state index contributed by atoms with van der Waals surface area (Å²) < 4.78 is 1.82. The molecule has 0 radical (unpaired) electrons. The van der Waals surface area contributed by atoms with Crippen LogP contribution in [0, 0.1) is 13.8 Å². The Morgan fingerprint density at radius 3 is 2.81 bits per heavy atom. The van der Waals surface area contributed by atoms with Gasteiger partial charge in [-0.1, -0.05) is 11.6 Å². The molecule has 0 aliphatic heterocycles. The molecule has 0 aliphatic carbocycles. The Hall–Kier alpha value is -3.54. The molecule has 4 rings (SSSR count). The fourth-order valence-corrected chi connectivity index (χ4v) is 3.01. The minimum atomic E-state index is -0.135. The number of nitrogens with one attached hydrogen (secondary N) is 1. The normalized spacial score (nSPS) is 10.9. The number of amides is 1. The number of aromatic nitrogens is 4. The van der Waals surface area contributed by atoms with Crippen molar-refractivity contribution in [1.82, 2.24) is 24.8 Å². The van der Waals surface area contributed by atoms with Gasteiger partial charge in [0, 0.05) is 30.5 Å². The molecule has 0 saturated carbocycles. The van der Waals surface area contributed by atoms with Crippen molar-refractivity contribution in [2.45, 2.75) is 20.4 Å². The van der Waals surface area contributed by atoms with Gasteiger partial charge in [-0.15, -0.1) is 0 Å². The van der Waals surface area contributed by atoms with Crippen LogP contribution in [0.1, 0.15) is 27.2 Å². The van der Waals surface area contributed by atoms with E-state index in [4.69, 9.17) is 0 Å². The smallest absolute Gasteiger partial charge is 0.253 e. The lowest BCUT2D eigenvalue weighted by atomic mass is 10.1. The van der Waals surface area contributed by atoms with Crippen molar-refractivity contribution in [3.63, 3.8) is 0 Å². The fraction of sp³-hybridized carbons (Fsp3) is 0.143. The van der Waals surface area contributed by atoms with Gasteiger partial charge in [0.25, 0.3) is 5.91 Å². The molecule has 0 spiro atoms. The van der Waals surface area contributed by atoms with Crippen LogP contribution >= 0.6 is 0 Å². The van der Waals surface area contributed by atoms with Crippen molar-refractivity contribution in [2.75, 3.05) is 0 Å². The number of hydrogen-bond acceptors (Lipinski definition) is 4. The lowest BCUT2D eigenvalue weighted by molar-refractivity contribution is 0.0950. The van der Waals surface area contributed by atoms with Gasteiger partial charge in [-0.2, -0.15) is 0 Å². The van der Waals surface area contributed by atoms with Crippen LogP contribution in [-0.2, 0) is 6.54 Å². The molecule has 27 heavy (non-hydrogen) atoms. The molecule has 0 bridgehead atoms. The first-order valence-electron chi connectivity index (χ1n) is 8.69. The number of carbonyl (C=O) groups is 1. The maximum Gasteiger partial charge on any atom is 0.253 e. The first-order chi connectivity index (χ1) is 13.1. The van der Waals surface area contributed by atoms with E-state index in [1.54, 1.807) is 18.7 Å². The Labute approximate surface area is 156 Å². The van der Waals surface area contributed by atoms with Crippen LogP contribution in [0.5, 0.6) is 0 Å². The first kappa shape index (κ1) is 16.9. The molecule has 1 N–H and O–H groups in total. The van der Waals surface area contributed by atoms with Crippen LogP contribution in [-0.4, -0.2) is 25.4 Å². The van der Waals surface area contributed by atoms with Crippen molar-refractivity contribution >= 4 is 16.8 Å². The molecule has 0 aliphatic rings.